The van der Waals surface area contributed by atoms with Crippen LogP contribution in [-0.2, 0) is 28.6 Å². The zero-order valence-electron chi connectivity index (χ0n) is 45.3. The maximum Gasteiger partial charge on any atom is 0.306 e. The molecule has 0 aromatic carbocycles. The largest absolute Gasteiger partial charge is 0.462 e. The number of carbonyl (C=O) groups is 3. The first-order valence-electron chi connectivity index (χ1n) is 29.1. The Morgan fingerprint density at radius 2 is 0.565 bits per heavy atom. The van der Waals surface area contributed by atoms with Gasteiger partial charge in [-0.1, -0.05) is 247 Å². The molecule has 0 N–H and O–H groups in total. The van der Waals surface area contributed by atoms with Crippen LogP contribution in [0.5, 0.6) is 0 Å². The standard InChI is InChI=1S/C63H108O6/c1-4-7-10-13-16-18-20-22-24-26-27-28-29-30-31-32-33-34-35-36-37-38-40-41-43-45-47-50-53-56-62(65)68-59-60(58-67-61(64)55-52-49-15-12-9-6-3)69-63(66)57-54-51-48-46-44-42-39-25-23-21-19-17-14-11-8-5-2/h7,10,16,18-19,21-22,24-25,27-28,30-31,39,60H,4-6,8-9,11-15,17,20,23,26,29,32-38,40-59H2,1-3H3/b10-7-,18-16-,21-19-,24-22-,28-27-,31-30-,39-25-. The summed E-state index contributed by atoms with van der Waals surface area (Å²) >= 11 is 0. The Bertz CT molecular complexity index is 1330. The van der Waals surface area contributed by atoms with E-state index >= 15 is 0 Å². The van der Waals surface area contributed by atoms with Gasteiger partial charge in [0.1, 0.15) is 13.2 Å². The second kappa shape index (κ2) is 57.2. The van der Waals surface area contributed by atoms with Crippen molar-refractivity contribution in [1.82, 2.24) is 0 Å². The minimum absolute atomic E-state index is 0.0810. The highest BCUT2D eigenvalue weighted by atomic mass is 16.6. The van der Waals surface area contributed by atoms with Crippen molar-refractivity contribution in [3.8, 4) is 0 Å². The van der Waals surface area contributed by atoms with Crippen LogP contribution in [-0.4, -0.2) is 37.2 Å². The van der Waals surface area contributed by atoms with Crippen molar-refractivity contribution in [3.05, 3.63) is 85.1 Å². The first-order valence-corrected chi connectivity index (χ1v) is 29.1. The van der Waals surface area contributed by atoms with Crippen LogP contribution in [0.15, 0.2) is 85.1 Å². The number of carbonyl (C=O) groups excluding carboxylic acids is 3. The summed E-state index contributed by atoms with van der Waals surface area (Å²) in [5.74, 6) is -0.901. The number of allylic oxidation sites excluding steroid dienone is 14. The van der Waals surface area contributed by atoms with Crippen LogP contribution in [0, 0.1) is 0 Å². The molecular weight excluding hydrogens is 853 g/mol. The van der Waals surface area contributed by atoms with Crippen molar-refractivity contribution in [2.45, 2.75) is 284 Å². The molecule has 0 spiro atoms. The third kappa shape index (κ3) is 55.4. The van der Waals surface area contributed by atoms with Crippen LogP contribution >= 0.6 is 0 Å². The third-order valence-corrected chi connectivity index (χ3v) is 12.4. The maximum atomic E-state index is 12.8. The molecule has 6 nitrogen and oxygen atoms in total. The predicted octanol–water partition coefficient (Wildman–Crippen LogP) is 19.5. The van der Waals surface area contributed by atoms with Gasteiger partial charge >= 0.3 is 17.9 Å². The number of hydrogen-bond acceptors (Lipinski definition) is 6. The fourth-order valence-corrected chi connectivity index (χ4v) is 8.03. The lowest BCUT2D eigenvalue weighted by molar-refractivity contribution is -0.167. The SMILES string of the molecule is CC/C=C\C/C=C\C/C=C\C/C=C\C/C=C\CCCCCCCCCCCCCCCC(=O)OCC(COC(=O)CCCCCCCC)OC(=O)CCCCCCC/C=C\C/C=C\CCCCCC. The first-order chi connectivity index (χ1) is 34.0. The molecule has 0 saturated heterocycles. The molecule has 0 aromatic heterocycles. The number of rotatable bonds is 52. The van der Waals surface area contributed by atoms with Crippen LogP contribution in [0.2, 0.25) is 0 Å². The second-order valence-corrected chi connectivity index (χ2v) is 19.2. The van der Waals surface area contributed by atoms with E-state index in [1.807, 2.05) is 0 Å². The normalized spacial score (nSPS) is 12.7. The Labute approximate surface area is 426 Å². The summed E-state index contributed by atoms with van der Waals surface area (Å²) in [6, 6.07) is 0. The summed E-state index contributed by atoms with van der Waals surface area (Å²) in [7, 11) is 0. The third-order valence-electron chi connectivity index (χ3n) is 12.4. The first kappa shape index (κ1) is 65.6. The van der Waals surface area contributed by atoms with E-state index in [9.17, 15) is 14.4 Å². The molecule has 1 atom stereocenters. The van der Waals surface area contributed by atoms with Crippen LogP contribution in [0.1, 0.15) is 278 Å². The van der Waals surface area contributed by atoms with E-state index in [0.717, 1.165) is 116 Å². The topological polar surface area (TPSA) is 78.9 Å². The van der Waals surface area contributed by atoms with Gasteiger partial charge in [-0.3, -0.25) is 14.4 Å². The van der Waals surface area contributed by atoms with Crippen molar-refractivity contribution in [2.24, 2.45) is 0 Å². The lowest BCUT2D eigenvalue weighted by Crippen LogP contribution is -2.30. The van der Waals surface area contributed by atoms with Gasteiger partial charge < -0.3 is 14.2 Å². The summed E-state index contributed by atoms with van der Waals surface area (Å²) in [6.45, 7) is 6.45. The van der Waals surface area contributed by atoms with Gasteiger partial charge in [0.2, 0.25) is 0 Å². The van der Waals surface area contributed by atoms with Gasteiger partial charge in [0, 0.05) is 19.3 Å². The minimum atomic E-state index is -0.780. The summed E-state index contributed by atoms with van der Waals surface area (Å²) in [6.07, 6.45) is 74.7. The molecule has 0 amide bonds. The lowest BCUT2D eigenvalue weighted by atomic mass is 10.0. The van der Waals surface area contributed by atoms with E-state index in [4.69, 9.17) is 14.2 Å². The fourth-order valence-electron chi connectivity index (χ4n) is 8.03. The van der Waals surface area contributed by atoms with Gasteiger partial charge in [0.05, 0.1) is 0 Å². The minimum Gasteiger partial charge on any atom is -0.462 e. The molecule has 0 aromatic rings. The molecule has 1 unspecified atom stereocenters. The van der Waals surface area contributed by atoms with Crippen molar-refractivity contribution in [1.29, 1.82) is 0 Å². The Balaban J connectivity index is 4.09. The van der Waals surface area contributed by atoms with E-state index in [0.29, 0.717) is 19.3 Å². The molecule has 0 aliphatic rings. The smallest absolute Gasteiger partial charge is 0.306 e. The second-order valence-electron chi connectivity index (χ2n) is 19.2. The zero-order valence-corrected chi connectivity index (χ0v) is 45.3. The van der Waals surface area contributed by atoms with E-state index in [1.165, 1.54) is 122 Å². The Morgan fingerprint density at radius 1 is 0.304 bits per heavy atom. The summed E-state index contributed by atoms with van der Waals surface area (Å²) in [5, 5.41) is 0. The van der Waals surface area contributed by atoms with Gasteiger partial charge in [-0.2, -0.15) is 0 Å². The van der Waals surface area contributed by atoms with Gasteiger partial charge in [-0.25, -0.2) is 0 Å². The van der Waals surface area contributed by atoms with Gasteiger partial charge in [0.15, 0.2) is 6.10 Å². The number of ether oxygens (including phenoxy) is 3. The van der Waals surface area contributed by atoms with Gasteiger partial charge in [-0.15, -0.1) is 0 Å². The van der Waals surface area contributed by atoms with Crippen molar-refractivity contribution in [3.63, 3.8) is 0 Å². The maximum absolute atomic E-state index is 12.8. The number of esters is 3. The lowest BCUT2D eigenvalue weighted by Gasteiger charge is -2.18. The van der Waals surface area contributed by atoms with E-state index in [-0.39, 0.29) is 31.1 Å². The number of unbranched alkanes of at least 4 members (excludes halogenated alkanes) is 27. The van der Waals surface area contributed by atoms with E-state index in [2.05, 4.69) is 106 Å². The molecule has 69 heavy (non-hydrogen) atoms. The molecular formula is C63H108O6. The molecule has 0 radical (unpaired) electrons. The van der Waals surface area contributed by atoms with Crippen molar-refractivity contribution < 1.29 is 28.6 Å². The van der Waals surface area contributed by atoms with Crippen LogP contribution in [0.25, 0.3) is 0 Å². The van der Waals surface area contributed by atoms with Crippen molar-refractivity contribution in [2.75, 3.05) is 13.2 Å². The van der Waals surface area contributed by atoms with Crippen molar-refractivity contribution >= 4 is 17.9 Å². The molecule has 396 valence electrons. The summed E-state index contributed by atoms with van der Waals surface area (Å²) in [4.78, 5) is 37.9. The van der Waals surface area contributed by atoms with E-state index in [1.54, 1.807) is 0 Å². The highest BCUT2D eigenvalue weighted by molar-refractivity contribution is 5.71. The molecule has 0 saturated carbocycles. The van der Waals surface area contributed by atoms with Gasteiger partial charge in [0.25, 0.3) is 0 Å². The molecule has 0 rings (SSSR count). The average molecular weight is 962 g/mol. The Morgan fingerprint density at radius 3 is 0.899 bits per heavy atom. The highest BCUT2D eigenvalue weighted by Crippen LogP contribution is 2.15. The molecule has 0 bridgehead atoms. The molecule has 0 aliphatic carbocycles. The molecule has 6 heteroatoms. The molecule has 0 heterocycles. The quantitative estimate of drug-likeness (QED) is 0.0262. The predicted molar refractivity (Wildman–Crippen MR) is 297 cm³/mol. The monoisotopic (exact) mass is 961 g/mol. The summed E-state index contributed by atoms with van der Waals surface area (Å²) in [5.41, 5.74) is 0. The summed E-state index contributed by atoms with van der Waals surface area (Å²) < 4.78 is 16.7. The van der Waals surface area contributed by atoms with Crippen LogP contribution in [0.3, 0.4) is 0 Å². The van der Waals surface area contributed by atoms with Gasteiger partial charge in [-0.05, 0) is 96.3 Å². The Hall–Kier alpha value is -3.41. The molecule has 0 aliphatic heterocycles. The zero-order chi connectivity index (χ0) is 50.0. The molecule has 0 fully saturated rings. The van der Waals surface area contributed by atoms with E-state index < -0.39 is 6.10 Å². The van der Waals surface area contributed by atoms with Crippen LogP contribution < -0.4 is 0 Å². The van der Waals surface area contributed by atoms with Crippen LogP contribution in [0.4, 0.5) is 0 Å². The fraction of sp³-hybridized carbons (Fsp3) is 0.730. The number of hydrogen-bond donors (Lipinski definition) is 0. The Kier molecular flexibility index (Phi) is 54.3. The average Bonchev–Trinajstić information content (AvgIpc) is 3.35. The highest BCUT2D eigenvalue weighted by Gasteiger charge is 2.19.